The van der Waals surface area contributed by atoms with Gasteiger partial charge in [-0.15, -0.1) is 11.8 Å². The first kappa shape index (κ1) is 12.0. The van der Waals surface area contributed by atoms with E-state index >= 15 is 0 Å². The van der Waals surface area contributed by atoms with Crippen LogP contribution in [0.4, 0.5) is 5.69 Å². The van der Waals surface area contributed by atoms with Gasteiger partial charge in [0.2, 0.25) is 5.91 Å². The molecule has 1 aromatic rings. The van der Waals surface area contributed by atoms with Crippen molar-refractivity contribution in [1.82, 2.24) is 0 Å². The lowest BCUT2D eigenvalue weighted by molar-refractivity contribution is -0.116. The molecule has 1 aliphatic rings. The molecule has 0 aliphatic carbocycles. The fourth-order valence-electron chi connectivity index (χ4n) is 2.05. The van der Waals surface area contributed by atoms with E-state index in [2.05, 4.69) is 6.07 Å². The fraction of sp³-hybridized carbons (Fsp3) is 0.385. The number of para-hydroxylation sites is 1. The summed E-state index contributed by atoms with van der Waals surface area (Å²) < 4.78 is 0. The molecule has 1 heterocycles. The van der Waals surface area contributed by atoms with Gasteiger partial charge in [-0.2, -0.15) is 5.26 Å². The Kier molecular flexibility index (Phi) is 4.05. The van der Waals surface area contributed by atoms with E-state index in [4.69, 9.17) is 5.26 Å². The van der Waals surface area contributed by atoms with Crippen LogP contribution in [0, 0.1) is 11.3 Å². The summed E-state index contributed by atoms with van der Waals surface area (Å²) in [5, 5.41) is 8.45. The topological polar surface area (TPSA) is 44.1 Å². The molecule has 4 heteroatoms. The number of hydrogen-bond acceptors (Lipinski definition) is 3. The molecule has 0 saturated heterocycles. The SMILES string of the molecule is N#CCSCC(=O)N1CCCc2ccccc21. The molecule has 2 rings (SSSR count). The lowest BCUT2D eigenvalue weighted by Crippen LogP contribution is -2.36. The zero-order valence-electron chi connectivity index (χ0n) is 9.56. The summed E-state index contributed by atoms with van der Waals surface area (Å²) in [4.78, 5) is 13.9. The first-order valence-electron chi connectivity index (χ1n) is 5.66. The zero-order valence-corrected chi connectivity index (χ0v) is 10.4. The molecule has 1 aromatic carbocycles. The van der Waals surface area contributed by atoms with Crippen molar-refractivity contribution >= 4 is 23.4 Å². The number of amides is 1. The summed E-state index contributed by atoms with van der Waals surface area (Å²) >= 11 is 1.38. The average Bonchev–Trinajstić information content (AvgIpc) is 2.38. The Morgan fingerprint density at radius 1 is 1.47 bits per heavy atom. The van der Waals surface area contributed by atoms with E-state index in [1.54, 1.807) is 0 Å². The number of rotatable bonds is 3. The number of fused-ring (bicyclic) bond motifs is 1. The van der Waals surface area contributed by atoms with Gasteiger partial charge in [-0.25, -0.2) is 0 Å². The molecule has 88 valence electrons. The van der Waals surface area contributed by atoms with Crippen molar-refractivity contribution in [3.63, 3.8) is 0 Å². The number of thioether (sulfide) groups is 1. The van der Waals surface area contributed by atoms with Gasteiger partial charge in [-0.05, 0) is 24.5 Å². The van der Waals surface area contributed by atoms with Gasteiger partial charge in [-0.3, -0.25) is 4.79 Å². The third kappa shape index (κ3) is 2.80. The van der Waals surface area contributed by atoms with Crippen molar-refractivity contribution in [2.24, 2.45) is 0 Å². The molecule has 0 saturated carbocycles. The van der Waals surface area contributed by atoms with E-state index in [0.29, 0.717) is 11.5 Å². The molecular formula is C13H14N2OS. The highest BCUT2D eigenvalue weighted by Gasteiger charge is 2.21. The predicted octanol–water partition coefficient (Wildman–Crippen LogP) is 2.22. The molecule has 1 aliphatic heterocycles. The second kappa shape index (κ2) is 5.74. The average molecular weight is 246 g/mol. The van der Waals surface area contributed by atoms with E-state index < -0.39 is 0 Å². The Balaban J connectivity index is 2.08. The number of carbonyl (C=O) groups is 1. The minimum Gasteiger partial charge on any atom is -0.311 e. The van der Waals surface area contributed by atoms with Crippen molar-refractivity contribution in [2.75, 3.05) is 23.0 Å². The van der Waals surface area contributed by atoms with Crippen LogP contribution in [0.5, 0.6) is 0 Å². The maximum absolute atomic E-state index is 12.0. The number of anilines is 1. The van der Waals surface area contributed by atoms with E-state index in [9.17, 15) is 4.79 Å². The summed E-state index contributed by atoms with van der Waals surface area (Å²) in [6.07, 6.45) is 2.07. The third-order valence-corrected chi connectivity index (χ3v) is 3.59. The second-order valence-corrected chi connectivity index (χ2v) is 4.91. The van der Waals surface area contributed by atoms with Crippen molar-refractivity contribution in [2.45, 2.75) is 12.8 Å². The third-order valence-electron chi connectivity index (χ3n) is 2.80. The van der Waals surface area contributed by atoms with Gasteiger partial charge in [0.25, 0.3) is 0 Å². The number of carbonyl (C=O) groups excluding carboxylic acids is 1. The Labute approximate surface area is 105 Å². The minimum absolute atomic E-state index is 0.109. The Morgan fingerprint density at radius 2 is 2.29 bits per heavy atom. The Bertz CT molecular complexity index is 453. The van der Waals surface area contributed by atoms with Crippen molar-refractivity contribution in [3.05, 3.63) is 29.8 Å². The quantitative estimate of drug-likeness (QED) is 0.768. The predicted molar refractivity (Wildman–Crippen MR) is 70.1 cm³/mol. The van der Waals surface area contributed by atoms with Crippen LogP contribution in [0.3, 0.4) is 0 Å². The van der Waals surface area contributed by atoms with E-state index in [1.807, 2.05) is 29.2 Å². The molecular weight excluding hydrogens is 232 g/mol. The minimum atomic E-state index is 0.109. The van der Waals surface area contributed by atoms with Gasteiger partial charge in [0, 0.05) is 12.2 Å². The largest absolute Gasteiger partial charge is 0.311 e. The summed E-state index contributed by atoms with van der Waals surface area (Å²) in [5.74, 6) is 0.876. The van der Waals surface area contributed by atoms with Gasteiger partial charge >= 0.3 is 0 Å². The second-order valence-electron chi connectivity index (χ2n) is 3.93. The molecule has 17 heavy (non-hydrogen) atoms. The number of aryl methyl sites for hydroxylation is 1. The highest BCUT2D eigenvalue weighted by atomic mass is 32.2. The normalized spacial score (nSPS) is 13.9. The van der Waals surface area contributed by atoms with Gasteiger partial charge in [0.1, 0.15) is 0 Å². The van der Waals surface area contributed by atoms with Crippen LogP contribution in [-0.2, 0) is 11.2 Å². The first-order valence-corrected chi connectivity index (χ1v) is 6.81. The molecule has 0 spiro atoms. The number of nitrogens with zero attached hydrogens (tertiary/aromatic N) is 2. The van der Waals surface area contributed by atoms with Crippen LogP contribution in [0.1, 0.15) is 12.0 Å². The lowest BCUT2D eigenvalue weighted by atomic mass is 10.0. The van der Waals surface area contributed by atoms with Crippen molar-refractivity contribution < 1.29 is 4.79 Å². The summed E-state index contributed by atoms with van der Waals surface area (Å²) in [6.45, 7) is 0.795. The van der Waals surface area contributed by atoms with Gasteiger partial charge in [0.05, 0.1) is 17.6 Å². The molecule has 0 bridgehead atoms. The maximum Gasteiger partial charge on any atom is 0.237 e. The molecule has 0 fully saturated rings. The number of nitriles is 1. The van der Waals surface area contributed by atoms with E-state index in [-0.39, 0.29) is 5.91 Å². The van der Waals surface area contributed by atoms with Crippen molar-refractivity contribution in [1.29, 1.82) is 5.26 Å². The first-order chi connectivity index (χ1) is 8.33. The van der Waals surface area contributed by atoms with Crippen LogP contribution >= 0.6 is 11.8 Å². The number of benzene rings is 1. The highest BCUT2D eigenvalue weighted by Crippen LogP contribution is 2.27. The van der Waals surface area contributed by atoms with Gasteiger partial charge < -0.3 is 4.90 Å². The van der Waals surface area contributed by atoms with Crippen molar-refractivity contribution in [3.8, 4) is 6.07 Å². The van der Waals surface area contributed by atoms with Crippen LogP contribution in [0.15, 0.2) is 24.3 Å². The molecule has 0 unspecified atom stereocenters. The van der Waals surface area contributed by atoms with Gasteiger partial charge in [0.15, 0.2) is 0 Å². The van der Waals surface area contributed by atoms with Gasteiger partial charge in [-0.1, -0.05) is 18.2 Å². The van der Waals surface area contributed by atoms with E-state index in [0.717, 1.165) is 25.1 Å². The van der Waals surface area contributed by atoms with Crippen LogP contribution in [0.25, 0.3) is 0 Å². The molecule has 0 atom stereocenters. The monoisotopic (exact) mass is 246 g/mol. The van der Waals surface area contributed by atoms with E-state index in [1.165, 1.54) is 17.3 Å². The van der Waals surface area contributed by atoms with Crippen LogP contribution in [-0.4, -0.2) is 24.0 Å². The Hall–Kier alpha value is -1.47. The van der Waals surface area contributed by atoms with Crippen LogP contribution < -0.4 is 4.90 Å². The molecule has 0 aromatic heterocycles. The summed E-state index contributed by atoms with van der Waals surface area (Å²) in [5.41, 5.74) is 2.29. The summed E-state index contributed by atoms with van der Waals surface area (Å²) in [7, 11) is 0. The standard InChI is InChI=1S/C13H14N2OS/c14-7-9-17-10-13(16)15-8-3-5-11-4-1-2-6-12(11)15/h1-2,4,6H,3,5,8-10H2. The zero-order chi connectivity index (χ0) is 12.1. The molecule has 3 nitrogen and oxygen atoms in total. The lowest BCUT2D eigenvalue weighted by Gasteiger charge is -2.29. The smallest absolute Gasteiger partial charge is 0.237 e. The van der Waals surface area contributed by atoms with Crippen LogP contribution in [0.2, 0.25) is 0 Å². The molecule has 0 radical (unpaired) electrons. The molecule has 1 amide bonds. The highest BCUT2D eigenvalue weighted by molar-refractivity contribution is 8.00. The fourth-order valence-corrected chi connectivity index (χ4v) is 2.58. The summed E-state index contributed by atoms with van der Waals surface area (Å²) in [6, 6.07) is 10.1. The number of hydrogen-bond donors (Lipinski definition) is 0. The molecule has 0 N–H and O–H groups in total. The maximum atomic E-state index is 12.0. The Morgan fingerprint density at radius 3 is 3.12 bits per heavy atom.